The summed E-state index contributed by atoms with van der Waals surface area (Å²) in [4.78, 5) is 73.8. The van der Waals surface area contributed by atoms with Crippen molar-refractivity contribution in [1.29, 1.82) is 0 Å². The van der Waals surface area contributed by atoms with E-state index in [2.05, 4.69) is 0 Å². The van der Waals surface area contributed by atoms with Crippen molar-refractivity contribution in [3.8, 4) is 11.3 Å². The van der Waals surface area contributed by atoms with Crippen LogP contribution >= 0.6 is 58.0 Å². The monoisotopic (exact) mass is 1030 g/mol. The van der Waals surface area contributed by atoms with E-state index >= 15 is 0 Å². The predicted molar refractivity (Wildman–Crippen MR) is 275 cm³/mol. The van der Waals surface area contributed by atoms with Crippen molar-refractivity contribution >= 4 is 92.6 Å². The number of carbonyl (C=O) groups is 2. The molecule has 3 heterocycles. The predicted octanol–water partition coefficient (Wildman–Crippen LogP) is 9.81. The first-order valence-electron chi connectivity index (χ1n) is 21.7. The molecule has 0 unspecified atom stereocenters. The van der Waals surface area contributed by atoms with Crippen molar-refractivity contribution in [2.24, 2.45) is 14.1 Å². The lowest BCUT2D eigenvalue weighted by molar-refractivity contribution is -0.142. The second kappa shape index (κ2) is 24.0. The Bertz CT molecular complexity index is 3280. The number of nitrogens with zero attached hydrogens (tertiary/aromatic N) is 5. The van der Waals surface area contributed by atoms with Gasteiger partial charge in [0.15, 0.2) is 0 Å². The highest BCUT2D eigenvalue weighted by molar-refractivity contribution is 6.31. The van der Waals surface area contributed by atoms with Gasteiger partial charge in [0.25, 0.3) is 11.1 Å². The van der Waals surface area contributed by atoms with Gasteiger partial charge in [0.05, 0.1) is 30.1 Å². The van der Waals surface area contributed by atoms with Crippen LogP contribution in [0.15, 0.2) is 122 Å². The number of ether oxygens (including phenoxy) is 2. The molecule has 0 spiro atoms. The minimum Gasteiger partial charge on any atom is -0.466 e. The minimum absolute atomic E-state index is 0.127. The Morgan fingerprint density at radius 2 is 1.10 bits per heavy atom. The highest BCUT2D eigenvalue weighted by Crippen LogP contribution is 2.31. The Labute approximate surface area is 422 Å². The number of aryl methyl sites for hydroxylation is 1. The van der Waals surface area contributed by atoms with Crippen molar-refractivity contribution in [2.45, 2.75) is 58.6 Å². The van der Waals surface area contributed by atoms with E-state index in [0.717, 1.165) is 38.5 Å². The quantitative estimate of drug-likeness (QED) is 0.0631. The lowest BCUT2D eigenvalue weighted by atomic mass is 10.0. The molecule has 7 aromatic rings. The van der Waals surface area contributed by atoms with Crippen LogP contribution in [0.1, 0.15) is 54.6 Å². The fourth-order valence-corrected chi connectivity index (χ4v) is 8.47. The average Bonchev–Trinajstić information content (AvgIpc) is 3.95. The maximum atomic E-state index is 13.6. The molecule has 1 aliphatic carbocycles. The van der Waals surface area contributed by atoms with Gasteiger partial charge in [0.1, 0.15) is 5.52 Å². The van der Waals surface area contributed by atoms with Gasteiger partial charge in [0.2, 0.25) is 0 Å². The number of benzene rings is 4. The van der Waals surface area contributed by atoms with E-state index in [1.54, 1.807) is 38.4 Å². The number of esters is 2. The van der Waals surface area contributed by atoms with Crippen molar-refractivity contribution < 1.29 is 19.1 Å². The second-order valence-electron chi connectivity index (χ2n) is 16.0. The Kier molecular flexibility index (Phi) is 18.2. The highest BCUT2D eigenvalue weighted by Gasteiger charge is 2.24. The molecule has 0 bridgehead atoms. The van der Waals surface area contributed by atoms with Crippen LogP contribution in [0, 0.1) is 0 Å². The van der Waals surface area contributed by atoms with Crippen molar-refractivity contribution in [3.63, 3.8) is 0 Å². The zero-order valence-corrected chi connectivity index (χ0v) is 41.9. The maximum Gasteiger partial charge on any atom is 0.331 e. The van der Waals surface area contributed by atoms with Gasteiger partial charge < -0.3 is 14.0 Å². The van der Waals surface area contributed by atoms with Crippen LogP contribution in [0.4, 0.5) is 0 Å². The molecule has 0 amide bonds. The van der Waals surface area contributed by atoms with Crippen LogP contribution < -0.4 is 22.5 Å². The Hall–Kier alpha value is -6.09. The number of fused-ring (bicyclic) bond motifs is 2. The first-order valence-corrected chi connectivity index (χ1v) is 23.7. The summed E-state index contributed by atoms with van der Waals surface area (Å²) >= 11 is 29.5. The van der Waals surface area contributed by atoms with Crippen LogP contribution in [0.2, 0.25) is 20.1 Å². The molecule has 0 radical (unpaired) electrons. The van der Waals surface area contributed by atoms with Gasteiger partial charge in [0, 0.05) is 85.5 Å². The molecule has 8 rings (SSSR count). The molecule has 3 aromatic heterocycles. The summed E-state index contributed by atoms with van der Waals surface area (Å²) in [5.41, 5.74) is 6.16. The minimum atomic E-state index is -0.429. The molecule has 0 N–H and O–H groups in total. The van der Waals surface area contributed by atoms with Crippen LogP contribution in [-0.4, -0.2) is 48.0 Å². The number of alkyl halides is 1. The van der Waals surface area contributed by atoms with E-state index in [9.17, 15) is 28.8 Å². The molecule has 360 valence electrons. The first-order chi connectivity index (χ1) is 33.0. The fourth-order valence-electron chi connectivity index (χ4n) is 7.66. The molecule has 13 nitrogen and oxygen atoms in total. The summed E-state index contributed by atoms with van der Waals surface area (Å²) in [5, 5.41) is 2.56. The number of hydrogen-bond acceptors (Lipinski definition) is 8. The Balaban J connectivity index is 0.000000196. The first kappa shape index (κ1) is 52.3. The lowest BCUT2D eigenvalue weighted by Gasteiger charge is -2.13. The normalized spacial score (nSPS) is 11.5. The third kappa shape index (κ3) is 13.2. The fraction of sp³-hybridized carbons (Fsp3) is 0.255. The Morgan fingerprint density at radius 1 is 0.594 bits per heavy atom. The number of aromatic nitrogens is 5. The van der Waals surface area contributed by atoms with Crippen molar-refractivity contribution in [2.75, 3.05) is 13.2 Å². The molecule has 0 aliphatic heterocycles. The summed E-state index contributed by atoms with van der Waals surface area (Å²) in [5.74, 6) is -0.231. The molecule has 0 atom stereocenters. The van der Waals surface area contributed by atoms with E-state index < -0.39 is 17.2 Å². The molecular formula is C51H48Cl5N5O8. The summed E-state index contributed by atoms with van der Waals surface area (Å²) < 4.78 is 17.1. The number of hydrogen-bond donors (Lipinski definition) is 0. The van der Waals surface area contributed by atoms with E-state index in [1.165, 1.54) is 32.1 Å². The van der Waals surface area contributed by atoms with Crippen LogP contribution in [0.3, 0.4) is 0 Å². The third-order valence-electron chi connectivity index (χ3n) is 11.1. The maximum absolute atomic E-state index is 13.6. The molecule has 0 fully saturated rings. The number of rotatable bonds is 13. The molecule has 69 heavy (non-hydrogen) atoms. The molecular weight excluding hydrogens is 988 g/mol. The van der Waals surface area contributed by atoms with Crippen LogP contribution in [0.25, 0.3) is 33.9 Å². The van der Waals surface area contributed by atoms with Gasteiger partial charge >= 0.3 is 23.3 Å². The third-order valence-corrected chi connectivity index (χ3v) is 12.4. The zero-order valence-electron chi connectivity index (χ0n) is 38.1. The summed E-state index contributed by atoms with van der Waals surface area (Å²) in [6, 6.07) is 31.5. The van der Waals surface area contributed by atoms with Crippen LogP contribution in [0.5, 0.6) is 0 Å². The highest BCUT2D eigenvalue weighted by atomic mass is 35.5. The van der Waals surface area contributed by atoms with Gasteiger partial charge in [-0.2, -0.15) is 0 Å². The van der Waals surface area contributed by atoms with E-state index in [0.29, 0.717) is 69.0 Å². The van der Waals surface area contributed by atoms with Crippen molar-refractivity contribution in [3.05, 3.63) is 193 Å². The van der Waals surface area contributed by atoms with Gasteiger partial charge in [-0.1, -0.05) is 94.9 Å². The number of halogens is 5. The SMILES string of the molecule is CC(=O)OCCCn1c(=O)c2c(cc(-c3cccc(Cl)c3)n2Cc2ccc(Cl)cc2)n(C)c1=O.CC(=O)OCCCn1c(=O)c2c(n(C)c1=O)C=C(c1cccc(Cl)c1)C2.ClCc1ccc(Cl)cc1. The molecule has 0 saturated carbocycles. The summed E-state index contributed by atoms with van der Waals surface area (Å²) in [6.45, 7) is 3.67. The van der Waals surface area contributed by atoms with E-state index in [4.69, 9.17) is 67.5 Å². The van der Waals surface area contributed by atoms with Crippen LogP contribution in [-0.2, 0) is 65.1 Å². The zero-order chi connectivity index (χ0) is 49.9. The molecule has 18 heteroatoms. The van der Waals surface area contributed by atoms with Gasteiger partial charge in [-0.25, -0.2) is 9.59 Å². The molecule has 0 saturated heterocycles. The lowest BCUT2D eigenvalue weighted by Crippen LogP contribution is -2.41. The standard InChI is InChI=1S/C25H23Cl2N3O4.C19H19ClN2O4.C7H6Cl2/c1-16(31)34-12-4-11-29-24(32)23-22(28(2)25(29)33)14-21(18-5-3-6-20(27)13-18)30(23)15-17-7-9-19(26)10-8-17;1-12(23)26-8-4-7-22-18(24)16-10-14(11-17(16)21(2)19(22)25)13-5-3-6-15(20)9-13;8-5-6-1-3-7(9)4-2-6/h3,5-10,13-14H,4,11-12,15H2,1-2H3;3,5-6,9,11H,4,7-8,10H2,1-2H3;1-4H,5H2. The van der Waals surface area contributed by atoms with Crippen molar-refractivity contribution in [1.82, 2.24) is 22.8 Å². The van der Waals surface area contributed by atoms with Gasteiger partial charge in [-0.05, 0) is 101 Å². The smallest absolute Gasteiger partial charge is 0.331 e. The Morgan fingerprint density at radius 3 is 1.64 bits per heavy atom. The second-order valence-corrected chi connectivity index (χ2v) is 18.0. The largest absolute Gasteiger partial charge is 0.466 e. The molecule has 4 aromatic carbocycles. The van der Waals surface area contributed by atoms with E-state index in [-0.39, 0.29) is 43.5 Å². The summed E-state index contributed by atoms with van der Waals surface area (Å²) in [6.07, 6.45) is 3.07. The topological polar surface area (TPSA) is 146 Å². The summed E-state index contributed by atoms with van der Waals surface area (Å²) in [7, 11) is 3.29. The van der Waals surface area contributed by atoms with E-state index in [1.807, 2.05) is 89.5 Å². The van der Waals surface area contributed by atoms with Gasteiger partial charge in [-0.3, -0.25) is 37.4 Å². The average molecular weight is 1040 g/mol. The van der Waals surface area contributed by atoms with Gasteiger partial charge in [-0.15, -0.1) is 11.6 Å². The number of allylic oxidation sites excluding steroid dienone is 1. The molecule has 1 aliphatic rings. The number of carbonyl (C=O) groups excluding carboxylic acids is 2.